The zero-order valence-electron chi connectivity index (χ0n) is 7.15. The Kier molecular flexibility index (Phi) is 3.85. The van der Waals surface area contributed by atoms with Gasteiger partial charge in [-0.15, -0.1) is 0 Å². The van der Waals surface area contributed by atoms with Crippen LogP contribution in [0, 0.1) is 13.8 Å². The van der Waals surface area contributed by atoms with Crippen molar-refractivity contribution < 1.29 is 18.8 Å². The van der Waals surface area contributed by atoms with Gasteiger partial charge >= 0.3 is 5.69 Å². The lowest BCUT2D eigenvalue weighted by molar-refractivity contribution is -0.387. The van der Waals surface area contributed by atoms with Crippen molar-refractivity contribution in [2.24, 2.45) is 0 Å². The van der Waals surface area contributed by atoms with Crippen LogP contribution < -0.4 is 0 Å². The van der Waals surface area contributed by atoms with E-state index in [0.717, 1.165) is 0 Å². The molecule has 8 heteroatoms. The molecule has 1 heterocycles. The van der Waals surface area contributed by atoms with Crippen LogP contribution in [0.4, 0.5) is 14.5 Å². The lowest BCUT2D eigenvalue weighted by Gasteiger charge is -2.05. The number of rotatable bonds is 3. The molecule has 0 atom stereocenters. The Morgan fingerprint density at radius 3 is 2.67 bits per heavy atom. The third kappa shape index (κ3) is 2.56. The van der Waals surface area contributed by atoms with Crippen LogP contribution in [0.25, 0.3) is 0 Å². The summed E-state index contributed by atoms with van der Waals surface area (Å²) in [5.74, 6) is 0. The molecule has 0 fully saturated rings. The van der Waals surface area contributed by atoms with Gasteiger partial charge in [-0.2, -0.15) is 0 Å². The van der Waals surface area contributed by atoms with Crippen molar-refractivity contribution in [1.29, 1.82) is 0 Å². The number of aliphatic hydroxyl groups is 1. The maximum atomic E-state index is 12.4. The summed E-state index contributed by atoms with van der Waals surface area (Å²) in [7, 11) is 0. The molecule has 0 amide bonds. The number of halogens is 3. The largest absolute Gasteiger partial charge is 0.391 e. The van der Waals surface area contributed by atoms with Gasteiger partial charge < -0.3 is 5.11 Å². The molecule has 0 saturated heterocycles. The standard InChI is InChI=1S/C7H5F2IN2O3/c8-7(9)5-6(12(14)15)3(2-13)1-4(10)11-5/h1,7,13H,2H2. The molecule has 0 aliphatic heterocycles. The second-order valence-corrected chi connectivity index (χ2v) is 3.66. The number of alkyl halides is 2. The molecule has 0 radical (unpaired) electrons. The highest BCUT2D eigenvalue weighted by Crippen LogP contribution is 2.31. The van der Waals surface area contributed by atoms with Crippen molar-refractivity contribution in [1.82, 2.24) is 4.98 Å². The van der Waals surface area contributed by atoms with Gasteiger partial charge in [-0.3, -0.25) is 10.1 Å². The summed E-state index contributed by atoms with van der Waals surface area (Å²) in [5, 5.41) is 19.4. The van der Waals surface area contributed by atoms with E-state index >= 15 is 0 Å². The van der Waals surface area contributed by atoms with E-state index in [9.17, 15) is 18.9 Å². The number of hydrogen-bond acceptors (Lipinski definition) is 4. The Hall–Kier alpha value is -0.900. The van der Waals surface area contributed by atoms with Crippen LogP contribution in [0.2, 0.25) is 0 Å². The normalized spacial score (nSPS) is 10.7. The first-order valence-electron chi connectivity index (χ1n) is 3.70. The van der Waals surface area contributed by atoms with Crippen molar-refractivity contribution in [3.8, 4) is 0 Å². The number of nitro groups is 1. The Bertz CT molecular complexity index is 400. The molecule has 5 nitrogen and oxygen atoms in total. The van der Waals surface area contributed by atoms with Crippen molar-refractivity contribution in [2.45, 2.75) is 13.0 Å². The summed E-state index contributed by atoms with van der Waals surface area (Å²) in [6, 6.07) is 1.20. The average molecular weight is 330 g/mol. The molecule has 1 N–H and O–H groups in total. The van der Waals surface area contributed by atoms with Gasteiger partial charge in [0.05, 0.1) is 17.1 Å². The van der Waals surface area contributed by atoms with Crippen LogP contribution in [0.1, 0.15) is 17.7 Å². The summed E-state index contributed by atoms with van der Waals surface area (Å²) >= 11 is 1.65. The first-order valence-corrected chi connectivity index (χ1v) is 4.78. The fourth-order valence-corrected chi connectivity index (χ4v) is 1.70. The number of pyridine rings is 1. The van der Waals surface area contributed by atoms with Gasteiger partial charge in [-0.25, -0.2) is 13.8 Å². The van der Waals surface area contributed by atoms with Crippen molar-refractivity contribution in [3.05, 3.63) is 31.1 Å². The summed E-state index contributed by atoms with van der Waals surface area (Å²) < 4.78 is 25.0. The fraction of sp³-hybridized carbons (Fsp3) is 0.286. The van der Waals surface area contributed by atoms with Gasteiger partial charge in [0, 0.05) is 0 Å². The monoisotopic (exact) mass is 330 g/mol. The van der Waals surface area contributed by atoms with E-state index in [1.54, 1.807) is 22.6 Å². The van der Waals surface area contributed by atoms with E-state index < -0.39 is 29.3 Å². The van der Waals surface area contributed by atoms with E-state index in [-0.39, 0.29) is 9.26 Å². The highest BCUT2D eigenvalue weighted by molar-refractivity contribution is 14.1. The lowest BCUT2D eigenvalue weighted by Crippen LogP contribution is -2.05. The van der Waals surface area contributed by atoms with Crippen LogP contribution in [0.15, 0.2) is 6.07 Å². The number of aromatic nitrogens is 1. The Morgan fingerprint density at radius 2 is 2.27 bits per heavy atom. The molecular formula is C7H5F2IN2O3. The third-order valence-corrected chi connectivity index (χ3v) is 2.18. The maximum Gasteiger partial charge on any atom is 0.302 e. The van der Waals surface area contributed by atoms with E-state index in [1.165, 1.54) is 6.07 Å². The molecule has 0 spiro atoms. The molecule has 0 aliphatic rings. The maximum absolute atomic E-state index is 12.4. The molecule has 15 heavy (non-hydrogen) atoms. The Labute approximate surface area is 96.4 Å². The second kappa shape index (κ2) is 4.75. The summed E-state index contributed by atoms with van der Waals surface area (Å²) in [6.07, 6.45) is -3.04. The van der Waals surface area contributed by atoms with Crippen molar-refractivity contribution in [3.63, 3.8) is 0 Å². The quantitative estimate of drug-likeness (QED) is 0.398. The molecule has 1 aromatic rings. The first-order chi connectivity index (χ1) is 6.97. The minimum atomic E-state index is -3.04. The number of hydrogen-bond donors (Lipinski definition) is 1. The van der Waals surface area contributed by atoms with Crippen LogP contribution in [0.3, 0.4) is 0 Å². The van der Waals surface area contributed by atoms with E-state index in [4.69, 9.17) is 5.11 Å². The minimum absolute atomic E-state index is 0.158. The van der Waals surface area contributed by atoms with Gasteiger partial charge in [0.1, 0.15) is 3.70 Å². The topological polar surface area (TPSA) is 76.3 Å². The van der Waals surface area contributed by atoms with Crippen LogP contribution >= 0.6 is 22.6 Å². The summed E-state index contributed by atoms with van der Waals surface area (Å²) in [6.45, 7) is -0.672. The molecule has 0 aromatic carbocycles. The van der Waals surface area contributed by atoms with Gasteiger partial charge in [0.2, 0.25) is 0 Å². The molecule has 1 rings (SSSR count). The van der Waals surface area contributed by atoms with Crippen LogP contribution in [0.5, 0.6) is 0 Å². The van der Waals surface area contributed by atoms with Gasteiger partial charge in [-0.1, -0.05) is 0 Å². The predicted octanol–water partition coefficient (Wildman–Crippen LogP) is 2.02. The average Bonchev–Trinajstić information content (AvgIpc) is 2.15. The van der Waals surface area contributed by atoms with E-state index in [2.05, 4.69) is 4.98 Å². The van der Waals surface area contributed by atoms with E-state index in [0.29, 0.717) is 0 Å². The van der Waals surface area contributed by atoms with E-state index in [1.807, 2.05) is 0 Å². The van der Waals surface area contributed by atoms with Crippen LogP contribution in [-0.2, 0) is 6.61 Å². The Morgan fingerprint density at radius 1 is 1.67 bits per heavy atom. The minimum Gasteiger partial charge on any atom is -0.391 e. The molecule has 0 unspecified atom stereocenters. The van der Waals surface area contributed by atoms with Crippen LogP contribution in [-0.4, -0.2) is 15.0 Å². The highest BCUT2D eigenvalue weighted by atomic mass is 127. The van der Waals surface area contributed by atoms with Crippen molar-refractivity contribution in [2.75, 3.05) is 0 Å². The molecule has 1 aromatic heterocycles. The molecular weight excluding hydrogens is 325 g/mol. The highest BCUT2D eigenvalue weighted by Gasteiger charge is 2.27. The SMILES string of the molecule is O=[N+]([O-])c1c(CO)cc(I)nc1C(F)F. The zero-order valence-corrected chi connectivity index (χ0v) is 9.31. The Balaban J connectivity index is 3.47. The first kappa shape index (κ1) is 12.2. The number of nitrogens with zero attached hydrogens (tertiary/aromatic N) is 2. The fourth-order valence-electron chi connectivity index (χ4n) is 1.06. The van der Waals surface area contributed by atoms with Gasteiger partial charge in [-0.05, 0) is 28.7 Å². The lowest BCUT2D eigenvalue weighted by atomic mass is 10.2. The number of aliphatic hydroxyl groups excluding tert-OH is 1. The molecule has 0 aliphatic carbocycles. The molecule has 0 saturated carbocycles. The van der Waals surface area contributed by atoms with Crippen molar-refractivity contribution >= 4 is 28.3 Å². The summed E-state index contributed by atoms with van der Waals surface area (Å²) in [4.78, 5) is 13.0. The molecule has 82 valence electrons. The van der Waals surface area contributed by atoms with Gasteiger partial charge in [0.25, 0.3) is 6.43 Å². The molecule has 0 bridgehead atoms. The zero-order chi connectivity index (χ0) is 11.6. The third-order valence-electron chi connectivity index (χ3n) is 1.63. The summed E-state index contributed by atoms with van der Waals surface area (Å²) in [5.41, 5.74) is -1.88. The second-order valence-electron chi connectivity index (χ2n) is 2.55. The predicted molar refractivity (Wildman–Crippen MR) is 54.5 cm³/mol. The van der Waals surface area contributed by atoms with Gasteiger partial charge in [0.15, 0.2) is 5.69 Å². The smallest absolute Gasteiger partial charge is 0.302 e.